The van der Waals surface area contributed by atoms with Crippen LogP contribution >= 0.6 is 0 Å². The molecule has 1 aliphatic carbocycles. The van der Waals surface area contributed by atoms with E-state index < -0.39 is 0 Å². The van der Waals surface area contributed by atoms with Crippen LogP contribution in [0.1, 0.15) is 63.5 Å². The van der Waals surface area contributed by atoms with Gasteiger partial charge < -0.3 is 10.1 Å². The maximum absolute atomic E-state index is 6.03. The monoisotopic (exact) mass is 289 g/mol. The van der Waals surface area contributed by atoms with Crippen LogP contribution < -0.4 is 10.1 Å². The molecule has 0 saturated heterocycles. The van der Waals surface area contributed by atoms with Crippen molar-refractivity contribution in [2.24, 2.45) is 5.92 Å². The number of ether oxygens (including phenoxy) is 1. The summed E-state index contributed by atoms with van der Waals surface area (Å²) in [5.41, 5.74) is 2.58. The molecule has 1 aromatic carbocycles. The average molecular weight is 289 g/mol. The van der Waals surface area contributed by atoms with Gasteiger partial charge >= 0.3 is 0 Å². The zero-order valence-electron chi connectivity index (χ0n) is 14.1. The molecule has 0 unspecified atom stereocenters. The molecule has 0 bridgehead atoms. The average Bonchev–Trinajstić information content (AvgIpc) is 2.45. The van der Waals surface area contributed by atoms with Gasteiger partial charge in [0.1, 0.15) is 12.4 Å². The molecule has 1 saturated carbocycles. The van der Waals surface area contributed by atoms with E-state index in [-0.39, 0.29) is 0 Å². The molecule has 0 amide bonds. The van der Waals surface area contributed by atoms with Gasteiger partial charge in [-0.25, -0.2) is 0 Å². The van der Waals surface area contributed by atoms with Gasteiger partial charge in [-0.3, -0.25) is 0 Å². The molecule has 0 radical (unpaired) electrons. The van der Waals surface area contributed by atoms with Gasteiger partial charge in [0.05, 0.1) is 0 Å². The van der Waals surface area contributed by atoms with Crippen LogP contribution in [0.15, 0.2) is 18.2 Å². The van der Waals surface area contributed by atoms with Gasteiger partial charge in [0.15, 0.2) is 0 Å². The highest BCUT2D eigenvalue weighted by Crippen LogP contribution is 2.27. The SMILES string of the molecule is Cc1ccc(C(C)C)c(OCCNC2CCC(C)CC2)c1. The Morgan fingerprint density at radius 3 is 2.57 bits per heavy atom. The molecule has 21 heavy (non-hydrogen) atoms. The lowest BCUT2D eigenvalue weighted by Crippen LogP contribution is -2.35. The second kappa shape index (κ2) is 7.84. The van der Waals surface area contributed by atoms with Crippen molar-refractivity contribution in [2.75, 3.05) is 13.2 Å². The molecule has 2 rings (SSSR count). The molecule has 1 fully saturated rings. The summed E-state index contributed by atoms with van der Waals surface area (Å²) in [5, 5.41) is 3.65. The minimum atomic E-state index is 0.508. The summed E-state index contributed by atoms with van der Waals surface area (Å²) in [6.07, 6.45) is 5.38. The lowest BCUT2D eigenvalue weighted by molar-refractivity contribution is 0.268. The van der Waals surface area contributed by atoms with Crippen molar-refractivity contribution in [3.05, 3.63) is 29.3 Å². The Kier molecular flexibility index (Phi) is 6.10. The van der Waals surface area contributed by atoms with Crippen LogP contribution in [0.25, 0.3) is 0 Å². The quantitative estimate of drug-likeness (QED) is 0.769. The third-order valence-electron chi connectivity index (χ3n) is 4.60. The summed E-state index contributed by atoms with van der Waals surface area (Å²) in [5.74, 6) is 2.48. The molecular formula is C19H31NO. The fourth-order valence-corrected chi connectivity index (χ4v) is 3.13. The molecule has 1 N–H and O–H groups in total. The van der Waals surface area contributed by atoms with Crippen molar-refractivity contribution in [1.82, 2.24) is 5.32 Å². The zero-order valence-corrected chi connectivity index (χ0v) is 14.1. The third-order valence-corrected chi connectivity index (χ3v) is 4.60. The van der Waals surface area contributed by atoms with E-state index in [9.17, 15) is 0 Å². The second-order valence-electron chi connectivity index (χ2n) is 6.96. The van der Waals surface area contributed by atoms with Gasteiger partial charge in [0.2, 0.25) is 0 Å². The Morgan fingerprint density at radius 1 is 1.19 bits per heavy atom. The van der Waals surface area contributed by atoms with E-state index in [0.717, 1.165) is 24.8 Å². The van der Waals surface area contributed by atoms with Crippen LogP contribution in [-0.2, 0) is 0 Å². The van der Waals surface area contributed by atoms with Crippen molar-refractivity contribution in [1.29, 1.82) is 0 Å². The normalized spacial score (nSPS) is 22.5. The lowest BCUT2D eigenvalue weighted by Gasteiger charge is -2.27. The van der Waals surface area contributed by atoms with E-state index in [2.05, 4.69) is 51.2 Å². The maximum Gasteiger partial charge on any atom is 0.123 e. The topological polar surface area (TPSA) is 21.3 Å². The number of hydrogen-bond donors (Lipinski definition) is 1. The summed E-state index contributed by atoms with van der Waals surface area (Å²) in [4.78, 5) is 0. The Bertz CT molecular complexity index is 433. The standard InChI is InChI=1S/C19H31NO/c1-14(2)18-10-7-16(4)13-19(18)21-12-11-20-17-8-5-15(3)6-9-17/h7,10,13-15,17,20H,5-6,8-9,11-12H2,1-4H3. The van der Waals surface area contributed by atoms with Crippen molar-refractivity contribution in [2.45, 2.75) is 65.3 Å². The molecule has 1 aliphatic rings. The van der Waals surface area contributed by atoms with Crippen molar-refractivity contribution in [3.63, 3.8) is 0 Å². The number of rotatable bonds is 6. The summed E-state index contributed by atoms with van der Waals surface area (Å²) in [7, 11) is 0. The molecular weight excluding hydrogens is 258 g/mol. The number of aryl methyl sites for hydroxylation is 1. The molecule has 2 heteroatoms. The summed E-state index contributed by atoms with van der Waals surface area (Å²) >= 11 is 0. The summed E-state index contributed by atoms with van der Waals surface area (Å²) in [6.45, 7) is 10.6. The molecule has 0 spiro atoms. The minimum absolute atomic E-state index is 0.508. The third kappa shape index (κ3) is 5.03. The van der Waals surface area contributed by atoms with E-state index in [4.69, 9.17) is 4.74 Å². The second-order valence-corrected chi connectivity index (χ2v) is 6.96. The van der Waals surface area contributed by atoms with Crippen molar-refractivity contribution >= 4 is 0 Å². The minimum Gasteiger partial charge on any atom is -0.492 e. The Labute approximate surface area is 130 Å². The fourth-order valence-electron chi connectivity index (χ4n) is 3.13. The van der Waals surface area contributed by atoms with Crippen LogP contribution in [0.5, 0.6) is 5.75 Å². The molecule has 0 aliphatic heterocycles. The van der Waals surface area contributed by atoms with Crippen LogP contribution in [0, 0.1) is 12.8 Å². The Hall–Kier alpha value is -1.02. The van der Waals surface area contributed by atoms with E-state index in [0.29, 0.717) is 12.0 Å². The first-order valence-electron chi connectivity index (χ1n) is 8.53. The number of nitrogens with one attached hydrogen (secondary N) is 1. The fraction of sp³-hybridized carbons (Fsp3) is 0.684. The molecule has 0 heterocycles. The smallest absolute Gasteiger partial charge is 0.123 e. The van der Waals surface area contributed by atoms with E-state index in [1.165, 1.54) is 36.8 Å². The van der Waals surface area contributed by atoms with Gasteiger partial charge in [-0.1, -0.05) is 32.9 Å². The van der Waals surface area contributed by atoms with E-state index in [1.54, 1.807) is 0 Å². The predicted molar refractivity (Wildman–Crippen MR) is 90.2 cm³/mol. The van der Waals surface area contributed by atoms with Gasteiger partial charge in [0.25, 0.3) is 0 Å². The first kappa shape index (κ1) is 16.4. The highest BCUT2D eigenvalue weighted by atomic mass is 16.5. The summed E-state index contributed by atoms with van der Waals surface area (Å²) in [6, 6.07) is 7.24. The van der Waals surface area contributed by atoms with E-state index in [1.807, 2.05) is 0 Å². The number of benzene rings is 1. The molecule has 0 aromatic heterocycles. The van der Waals surface area contributed by atoms with Crippen molar-refractivity contribution < 1.29 is 4.74 Å². The van der Waals surface area contributed by atoms with Gasteiger partial charge in [-0.2, -0.15) is 0 Å². The zero-order chi connectivity index (χ0) is 15.2. The predicted octanol–water partition coefficient (Wildman–Crippen LogP) is 4.67. The lowest BCUT2D eigenvalue weighted by atomic mass is 9.87. The van der Waals surface area contributed by atoms with Crippen LogP contribution in [0.4, 0.5) is 0 Å². The van der Waals surface area contributed by atoms with Gasteiger partial charge in [0, 0.05) is 12.6 Å². The van der Waals surface area contributed by atoms with Gasteiger partial charge in [-0.15, -0.1) is 0 Å². The largest absolute Gasteiger partial charge is 0.492 e. The van der Waals surface area contributed by atoms with Crippen LogP contribution in [0.2, 0.25) is 0 Å². The maximum atomic E-state index is 6.03. The van der Waals surface area contributed by atoms with E-state index >= 15 is 0 Å². The highest BCUT2D eigenvalue weighted by Gasteiger charge is 2.17. The Morgan fingerprint density at radius 2 is 1.90 bits per heavy atom. The Balaban J connectivity index is 1.77. The molecule has 2 nitrogen and oxygen atoms in total. The van der Waals surface area contributed by atoms with Crippen molar-refractivity contribution in [3.8, 4) is 5.75 Å². The molecule has 1 aromatic rings. The number of hydrogen-bond acceptors (Lipinski definition) is 2. The molecule has 118 valence electrons. The first-order chi connectivity index (χ1) is 10.1. The van der Waals surface area contributed by atoms with Crippen LogP contribution in [-0.4, -0.2) is 19.2 Å². The molecule has 0 atom stereocenters. The van der Waals surface area contributed by atoms with Crippen LogP contribution in [0.3, 0.4) is 0 Å². The first-order valence-corrected chi connectivity index (χ1v) is 8.53. The summed E-state index contributed by atoms with van der Waals surface area (Å²) < 4.78 is 6.03. The van der Waals surface area contributed by atoms with Gasteiger partial charge in [-0.05, 0) is 61.6 Å². The highest BCUT2D eigenvalue weighted by molar-refractivity contribution is 5.39.